The Kier molecular flexibility index (Phi) is 5.92. The molecule has 1 unspecified atom stereocenters. The van der Waals surface area contributed by atoms with E-state index in [0.717, 1.165) is 23.9 Å². The summed E-state index contributed by atoms with van der Waals surface area (Å²) in [5.41, 5.74) is 0.571. The van der Waals surface area contributed by atoms with E-state index in [1.54, 1.807) is 0 Å². The maximum atomic E-state index is 7.96. The standard InChI is InChI=1S/C16H19BrN2S/c1-2-7-13(12-19-11-6-5-10-16(19)18)20-15-9-4-3-8-14(15)17/h3-6,8-11,13,18H,2,7,12H2,1H3. The lowest BCUT2D eigenvalue weighted by Crippen LogP contribution is -2.24. The minimum atomic E-state index is 0.482. The second kappa shape index (κ2) is 7.70. The monoisotopic (exact) mass is 350 g/mol. The van der Waals surface area contributed by atoms with E-state index in [-0.39, 0.29) is 0 Å². The average molecular weight is 351 g/mol. The Labute approximate surface area is 132 Å². The lowest BCUT2D eigenvalue weighted by atomic mass is 10.2. The highest BCUT2D eigenvalue weighted by Gasteiger charge is 2.12. The van der Waals surface area contributed by atoms with Gasteiger partial charge in [0.2, 0.25) is 0 Å². The number of pyridine rings is 1. The smallest absolute Gasteiger partial charge is 0.124 e. The Hall–Kier alpha value is -1.00. The molecule has 0 bridgehead atoms. The van der Waals surface area contributed by atoms with Gasteiger partial charge in [-0.1, -0.05) is 31.5 Å². The Balaban J connectivity index is 2.14. The van der Waals surface area contributed by atoms with Crippen molar-refractivity contribution in [1.82, 2.24) is 4.57 Å². The van der Waals surface area contributed by atoms with E-state index in [9.17, 15) is 0 Å². The van der Waals surface area contributed by atoms with Gasteiger partial charge in [0.05, 0.1) is 0 Å². The molecule has 0 amide bonds. The number of nitrogens with zero attached hydrogens (tertiary/aromatic N) is 1. The number of benzene rings is 1. The van der Waals surface area contributed by atoms with Crippen molar-refractivity contribution in [2.75, 3.05) is 0 Å². The largest absolute Gasteiger partial charge is 0.332 e. The van der Waals surface area contributed by atoms with Gasteiger partial charge in [0.25, 0.3) is 0 Å². The molecule has 0 saturated heterocycles. The van der Waals surface area contributed by atoms with Crippen LogP contribution >= 0.6 is 27.7 Å². The Morgan fingerprint density at radius 1 is 1.20 bits per heavy atom. The Morgan fingerprint density at radius 2 is 1.95 bits per heavy atom. The summed E-state index contributed by atoms with van der Waals surface area (Å²) in [5, 5.41) is 8.44. The van der Waals surface area contributed by atoms with Gasteiger partial charge in [-0.2, -0.15) is 0 Å². The summed E-state index contributed by atoms with van der Waals surface area (Å²) in [4.78, 5) is 1.27. The third-order valence-electron chi connectivity index (χ3n) is 3.08. The molecule has 0 radical (unpaired) electrons. The molecule has 0 aliphatic carbocycles. The molecule has 2 rings (SSSR count). The minimum absolute atomic E-state index is 0.482. The molecular weight excluding hydrogens is 332 g/mol. The summed E-state index contributed by atoms with van der Waals surface area (Å²) in [7, 11) is 0. The van der Waals surface area contributed by atoms with Gasteiger partial charge in [-0.15, -0.1) is 11.8 Å². The first kappa shape index (κ1) is 15.4. The molecule has 0 fully saturated rings. The second-order valence-electron chi connectivity index (χ2n) is 4.70. The maximum Gasteiger partial charge on any atom is 0.124 e. The number of rotatable bonds is 6. The van der Waals surface area contributed by atoms with Crippen LogP contribution in [0.15, 0.2) is 58.0 Å². The summed E-state index contributed by atoms with van der Waals surface area (Å²) < 4.78 is 3.17. The fraction of sp³-hybridized carbons (Fsp3) is 0.312. The Morgan fingerprint density at radius 3 is 2.65 bits per heavy atom. The molecule has 0 aliphatic rings. The van der Waals surface area contributed by atoms with Gasteiger partial charge in [0.1, 0.15) is 5.49 Å². The molecule has 0 saturated carbocycles. The van der Waals surface area contributed by atoms with Crippen LogP contribution in [0, 0.1) is 5.41 Å². The first-order valence-corrected chi connectivity index (χ1v) is 8.49. The van der Waals surface area contributed by atoms with Crippen molar-refractivity contribution >= 4 is 27.7 Å². The molecule has 1 N–H and O–H groups in total. The van der Waals surface area contributed by atoms with Crippen molar-refractivity contribution in [3.63, 3.8) is 0 Å². The highest BCUT2D eigenvalue weighted by atomic mass is 79.9. The van der Waals surface area contributed by atoms with Gasteiger partial charge in [-0.05, 0) is 46.6 Å². The summed E-state index contributed by atoms with van der Waals surface area (Å²) >= 11 is 5.50. The molecule has 1 atom stereocenters. The summed E-state index contributed by atoms with van der Waals surface area (Å²) in [6.07, 6.45) is 4.29. The van der Waals surface area contributed by atoms with Crippen LogP contribution in [-0.4, -0.2) is 9.82 Å². The van der Waals surface area contributed by atoms with Crippen LogP contribution in [0.3, 0.4) is 0 Å². The third-order valence-corrected chi connectivity index (χ3v) is 5.36. The van der Waals surface area contributed by atoms with Crippen LogP contribution in [0.4, 0.5) is 0 Å². The molecule has 1 aromatic heterocycles. The van der Waals surface area contributed by atoms with Crippen molar-refractivity contribution < 1.29 is 0 Å². The molecule has 0 spiro atoms. The van der Waals surface area contributed by atoms with Crippen LogP contribution < -0.4 is 5.49 Å². The predicted octanol–water partition coefficient (Wildman–Crippen LogP) is 4.69. The molecule has 0 aliphatic heterocycles. The fourth-order valence-electron chi connectivity index (χ4n) is 2.08. The van der Waals surface area contributed by atoms with Crippen molar-refractivity contribution in [2.24, 2.45) is 0 Å². The van der Waals surface area contributed by atoms with E-state index in [2.05, 4.69) is 41.1 Å². The van der Waals surface area contributed by atoms with Crippen LogP contribution in [0.5, 0.6) is 0 Å². The van der Waals surface area contributed by atoms with Crippen LogP contribution in [-0.2, 0) is 6.54 Å². The molecule has 1 aromatic carbocycles. The molecule has 106 valence electrons. The SMILES string of the molecule is CCCC(Cn1ccccc1=N)Sc1ccccc1Br. The highest BCUT2D eigenvalue weighted by molar-refractivity contribution is 9.10. The molecule has 4 heteroatoms. The normalized spacial score (nSPS) is 12.3. The van der Waals surface area contributed by atoms with Crippen LogP contribution in [0.25, 0.3) is 0 Å². The predicted molar refractivity (Wildman–Crippen MR) is 89.0 cm³/mol. The number of halogens is 1. The molecule has 2 aromatic rings. The lowest BCUT2D eigenvalue weighted by Gasteiger charge is -2.18. The first-order valence-electron chi connectivity index (χ1n) is 6.82. The van der Waals surface area contributed by atoms with Gasteiger partial charge >= 0.3 is 0 Å². The fourth-order valence-corrected chi connectivity index (χ4v) is 3.93. The van der Waals surface area contributed by atoms with Crippen LogP contribution in [0.2, 0.25) is 0 Å². The quantitative estimate of drug-likeness (QED) is 0.752. The zero-order valence-corrected chi connectivity index (χ0v) is 14.0. The van der Waals surface area contributed by atoms with Crippen molar-refractivity contribution in [3.05, 3.63) is 58.6 Å². The van der Waals surface area contributed by atoms with Crippen molar-refractivity contribution in [2.45, 2.75) is 36.5 Å². The van der Waals surface area contributed by atoms with Crippen molar-refractivity contribution in [3.8, 4) is 0 Å². The Bertz CT molecular complexity index is 609. The topological polar surface area (TPSA) is 28.8 Å². The molecule has 1 heterocycles. The van der Waals surface area contributed by atoms with E-state index in [4.69, 9.17) is 5.41 Å². The lowest BCUT2D eigenvalue weighted by molar-refractivity contribution is 0.591. The van der Waals surface area contributed by atoms with Gasteiger partial charge in [0, 0.05) is 27.4 Å². The summed E-state index contributed by atoms with van der Waals surface area (Å²) in [5.74, 6) is 0. The van der Waals surface area contributed by atoms with E-state index < -0.39 is 0 Å². The van der Waals surface area contributed by atoms with E-state index in [0.29, 0.717) is 10.7 Å². The summed E-state index contributed by atoms with van der Waals surface area (Å²) in [6, 6.07) is 14.1. The number of thioether (sulfide) groups is 1. The zero-order chi connectivity index (χ0) is 14.4. The highest BCUT2D eigenvalue weighted by Crippen LogP contribution is 2.32. The third kappa shape index (κ3) is 4.25. The summed E-state index contributed by atoms with van der Waals surface area (Å²) in [6.45, 7) is 3.09. The zero-order valence-electron chi connectivity index (χ0n) is 11.6. The van der Waals surface area contributed by atoms with Gasteiger partial charge < -0.3 is 4.57 Å². The maximum absolute atomic E-state index is 7.96. The number of nitrogens with one attached hydrogen (secondary N) is 1. The molecule has 20 heavy (non-hydrogen) atoms. The first-order chi connectivity index (χ1) is 9.70. The number of hydrogen-bond acceptors (Lipinski definition) is 2. The van der Waals surface area contributed by atoms with Gasteiger partial charge in [-0.3, -0.25) is 5.41 Å². The second-order valence-corrected chi connectivity index (χ2v) is 6.89. The minimum Gasteiger partial charge on any atom is -0.332 e. The van der Waals surface area contributed by atoms with Crippen molar-refractivity contribution in [1.29, 1.82) is 5.41 Å². The van der Waals surface area contributed by atoms with Crippen LogP contribution in [0.1, 0.15) is 19.8 Å². The number of aromatic nitrogens is 1. The number of hydrogen-bond donors (Lipinski definition) is 1. The molecule has 2 nitrogen and oxygen atoms in total. The van der Waals surface area contributed by atoms with E-state index in [1.807, 2.05) is 46.8 Å². The molecular formula is C16H19BrN2S. The van der Waals surface area contributed by atoms with E-state index in [1.165, 1.54) is 4.90 Å². The van der Waals surface area contributed by atoms with E-state index >= 15 is 0 Å². The van der Waals surface area contributed by atoms with Gasteiger partial charge in [-0.25, -0.2) is 0 Å². The van der Waals surface area contributed by atoms with Gasteiger partial charge in [0.15, 0.2) is 0 Å². The average Bonchev–Trinajstić information content (AvgIpc) is 2.44.